The predicted octanol–water partition coefficient (Wildman–Crippen LogP) is 3.86. The standard InChI is InChI=1S/C15H13BrFNO3/c1-20-13-6-3-9(7-14(13)21-2)15(19)18-12-5-4-10(17)8-11(12)16/h3-8H,1-2H3,(H,18,19). The Labute approximate surface area is 130 Å². The fourth-order valence-electron chi connectivity index (χ4n) is 1.76. The zero-order valence-electron chi connectivity index (χ0n) is 11.4. The highest BCUT2D eigenvalue weighted by Crippen LogP contribution is 2.28. The van der Waals surface area contributed by atoms with Crippen molar-refractivity contribution < 1.29 is 18.7 Å². The largest absolute Gasteiger partial charge is 0.493 e. The number of carbonyl (C=O) groups excluding carboxylic acids is 1. The molecule has 0 aliphatic carbocycles. The second kappa shape index (κ2) is 6.58. The van der Waals surface area contributed by atoms with Crippen molar-refractivity contribution in [1.82, 2.24) is 0 Å². The second-order valence-corrected chi connectivity index (χ2v) is 5.00. The predicted molar refractivity (Wildman–Crippen MR) is 81.6 cm³/mol. The van der Waals surface area contributed by atoms with Crippen LogP contribution in [0.3, 0.4) is 0 Å². The lowest BCUT2D eigenvalue weighted by Crippen LogP contribution is -2.12. The summed E-state index contributed by atoms with van der Waals surface area (Å²) < 4.78 is 23.8. The Morgan fingerprint density at radius 3 is 2.43 bits per heavy atom. The third kappa shape index (κ3) is 3.52. The van der Waals surface area contributed by atoms with Gasteiger partial charge in [-0.3, -0.25) is 4.79 Å². The molecule has 2 aromatic rings. The molecule has 110 valence electrons. The van der Waals surface area contributed by atoms with Crippen molar-refractivity contribution in [2.45, 2.75) is 0 Å². The molecule has 0 aromatic heterocycles. The van der Waals surface area contributed by atoms with Gasteiger partial charge in [0.05, 0.1) is 19.9 Å². The average molecular weight is 354 g/mol. The molecular formula is C15H13BrFNO3. The molecular weight excluding hydrogens is 341 g/mol. The third-order valence-corrected chi connectivity index (χ3v) is 3.48. The number of carbonyl (C=O) groups is 1. The van der Waals surface area contributed by atoms with Crippen molar-refractivity contribution in [3.8, 4) is 11.5 Å². The third-order valence-electron chi connectivity index (χ3n) is 2.83. The maximum Gasteiger partial charge on any atom is 0.255 e. The lowest BCUT2D eigenvalue weighted by Gasteiger charge is -2.11. The number of rotatable bonds is 4. The van der Waals surface area contributed by atoms with Crippen LogP contribution in [0, 0.1) is 5.82 Å². The molecule has 4 nitrogen and oxygen atoms in total. The number of nitrogens with one attached hydrogen (secondary N) is 1. The van der Waals surface area contributed by atoms with Crippen molar-refractivity contribution in [1.29, 1.82) is 0 Å². The van der Waals surface area contributed by atoms with Crippen LogP contribution in [0.1, 0.15) is 10.4 Å². The number of hydrogen-bond donors (Lipinski definition) is 1. The molecule has 0 aliphatic heterocycles. The summed E-state index contributed by atoms with van der Waals surface area (Å²) in [4.78, 5) is 12.2. The highest BCUT2D eigenvalue weighted by Gasteiger charge is 2.12. The molecule has 0 spiro atoms. The van der Waals surface area contributed by atoms with E-state index in [1.54, 1.807) is 18.2 Å². The van der Waals surface area contributed by atoms with Crippen LogP contribution < -0.4 is 14.8 Å². The molecule has 0 atom stereocenters. The number of halogens is 2. The normalized spacial score (nSPS) is 10.1. The maximum absolute atomic E-state index is 13.0. The quantitative estimate of drug-likeness (QED) is 0.907. The van der Waals surface area contributed by atoms with Crippen LogP contribution in [-0.4, -0.2) is 20.1 Å². The van der Waals surface area contributed by atoms with Crippen LogP contribution in [0.15, 0.2) is 40.9 Å². The van der Waals surface area contributed by atoms with Crippen molar-refractivity contribution in [2.75, 3.05) is 19.5 Å². The number of hydrogen-bond acceptors (Lipinski definition) is 3. The number of benzene rings is 2. The summed E-state index contributed by atoms with van der Waals surface area (Å²) in [5, 5.41) is 2.69. The molecule has 0 saturated carbocycles. The Kier molecular flexibility index (Phi) is 4.80. The Hall–Kier alpha value is -2.08. The van der Waals surface area contributed by atoms with Crippen molar-refractivity contribution in [2.24, 2.45) is 0 Å². The summed E-state index contributed by atoms with van der Waals surface area (Å²) in [6, 6.07) is 8.88. The molecule has 0 fully saturated rings. The minimum atomic E-state index is -0.383. The summed E-state index contributed by atoms with van der Waals surface area (Å²) in [7, 11) is 3.02. The number of ether oxygens (including phenoxy) is 2. The highest BCUT2D eigenvalue weighted by molar-refractivity contribution is 9.10. The lowest BCUT2D eigenvalue weighted by atomic mass is 10.2. The van der Waals surface area contributed by atoms with E-state index < -0.39 is 0 Å². The van der Waals surface area contributed by atoms with E-state index >= 15 is 0 Å². The minimum absolute atomic E-state index is 0.330. The van der Waals surface area contributed by atoms with E-state index in [9.17, 15) is 9.18 Å². The summed E-state index contributed by atoms with van der Waals surface area (Å²) in [5.41, 5.74) is 0.889. The molecule has 0 aliphatic rings. The lowest BCUT2D eigenvalue weighted by molar-refractivity contribution is 0.102. The fourth-order valence-corrected chi connectivity index (χ4v) is 2.21. The van der Waals surface area contributed by atoms with Gasteiger partial charge in [0.15, 0.2) is 11.5 Å². The molecule has 0 saturated heterocycles. The summed E-state index contributed by atoms with van der Waals surface area (Å²) in [6.45, 7) is 0. The fraction of sp³-hybridized carbons (Fsp3) is 0.133. The van der Waals surface area contributed by atoms with Crippen molar-refractivity contribution >= 4 is 27.5 Å². The van der Waals surface area contributed by atoms with Crippen LogP contribution in [0.2, 0.25) is 0 Å². The number of methoxy groups -OCH3 is 2. The zero-order chi connectivity index (χ0) is 15.4. The van der Waals surface area contributed by atoms with Gasteiger partial charge >= 0.3 is 0 Å². The first-order valence-electron chi connectivity index (χ1n) is 6.03. The smallest absolute Gasteiger partial charge is 0.255 e. The van der Waals surface area contributed by atoms with Crippen LogP contribution in [0.4, 0.5) is 10.1 Å². The van der Waals surface area contributed by atoms with E-state index in [-0.39, 0.29) is 11.7 Å². The molecule has 21 heavy (non-hydrogen) atoms. The van der Waals surface area contributed by atoms with E-state index in [4.69, 9.17) is 9.47 Å². The van der Waals surface area contributed by atoms with Gasteiger partial charge in [0.2, 0.25) is 0 Å². The van der Waals surface area contributed by atoms with Gasteiger partial charge in [-0.15, -0.1) is 0 Å². The zero-order valence-corrected chi connectivity index (χ0v) is 13.0. The Morgan fingerprint density at radius 1 is 1.10 bits per heavy atom. The number of anilines is 1. The Morgan fingerprint density at radius 2 is 1.81 bits per heavy atom. The van der Waals surface area contributed by atoms with Gasteiger partial charge < -0.3 is 14.8 Å². The summed E-state index contributed by atoms with van der Waals surface area (Å²) in [5.74, 6) is 0.287. The molecule has 0 unspecified atom stereocenters. The highest BCUT2D eigenvalue weighted by atomic mass is 79.9. The second-order valence-electron chi connectivity index (χ2n) is 4.15. The monoisotopic (exact) mass is 353 g/mol. The van der Waals surface area contributed by atoms with E-state index in [1.807, 2.05) is 0 Å². The SMILES string of the molecule is COc1ccc(C(=O)Nc2ccc(F)cc2Br)cc1OC. The van der Waals surface area contributed by atoms with Crippen LogP contribution in [0.5, 0.6) is 11.5 Å². The Bertz CT molecular complexity index is 676. The molecule has 0 bridgehead atoms. The maximum atomic E-state index is 13.0. The van der Waals surface area contributed by atoms with E-state index in [2.05, 4.69) is 21.2 Å². The Balaban J connectivity index is 2.24. The van der Waals surface area contributed by atoms with E-state index in [0.29, 0.717) is 27.2 Å². The average Bonchev–Trinajstić information content (AvgIpc) is 2.49. The van der Waals surface area contributed by atoms with Crippen LogP contribution in [-0.2, 0) is 0 Å². The van der Waals surface area contributed by atoms with Gasteiger partial charge in [-0.25, -0.2) is 4.39 Å². The van der Waals surface area contributed by atoms with Gasteiger partial charge in [0.25, 0.3) is 5.91 Å². The van der Waals surface area contributed by atoms with Gasteiger partial charge in [-0.05, 0) is 52.3 Å². The van der Waals surface area contributed by atoms with Crippen molar-refractivity contribution in [3.63, 3.8) is 0 Å². The summed E-state index contributed by atoms with van der Waals surface area (Å²) >= 11 is 3.20. The van der Waals surface area contributed by atoms with Gasteiger partial charge in [0.1, 0.15) is 5.82 Å². The van der Waals surface area contributed by atoms with Gasteiger partial charge in [-0.1, -0.05) is 0 Å². The number of amides is 1. The van der Waals surface area contributed by atoms with Crippen LogP contribution >= 0.6 is 15.9 Å². The van der Waals surface area contributed by atoms with Gasteiger partial charge in [-0.2, -0.15) is 0 Å². The molecule has 2 aromatic carbocycles. The van der Waals surface area contributed by atoms with Gasteiger partial charge in [0, 0.05) is 10.0 Å². The van der Waals surface area contributed by atoms with Crippen molar-refractivity contribution in [3.05, 3.63) is 52.3 Å². The van der Waals surface area contributed by atoms with E-state index in [1.165, 1.54) is 32.4 Å². The summed E-state index contributed by atoms with van der Waals surface area (Å²) in [6.07, 6.45) is 0. The van der Waals surface area contributed by atoms with E-state index in [0.717, 1.165) is 0 Å². The molecule has 1 N–H and O–H groups in total. The molecule has 6 heteroatoms. The molecule has 1 amide bonds. The first-order chi connectivity index (χ1) is 10.0. The first-order valence-corrected chi connectivity index (χ1v) is 6.83. The van der Waals surface area contributed by atoms with Crippen LogP contribution in [0.25, 0.3) is 0 Å². The molecule has 2 rings (SSSR count). The topological polar surface area (TPSA) is 47.6 Å². The first kappa shape index (κ1) is 15.3. The molecule has 0 radical (unpaired) electrons. The minimum Gasteiger partial charge on any atom is -0.493 e. The molecule has 0 heterocycles.